The fourth-order valence-electron chi connectivity index (χ4n) is 4.25. The Bertz CT molecular complexity index is 1160. The van der Waals surface area contributed by atoms with Crippen molar-refractivity contribution in [3.8, 4) is 0 Å². The highest BCUT2D eigenvalue weighted by Crippen LogP contribution is 2.29. The summed E-state index contributed by atoms with van der Waals surface area (Å²) in [6, 6.07) is 16.5. The molecule has 1 aromatic heterocycles. The zero-order valence-electron chi connectivity index (χ0n) is 19.4. The van der Waals surface area contributed by atoms with Gasteiger partial charge in [0.05, 0.1) is 13.1 Å². The number of carbonyl (C=O) groups is 1. The fourth-order valence-corrected chi connectivity index (χ4v) is 4.25. The van der Waals surface area contributed by atoms with E-state index in [-0.39, 0.29) is 11.7 Å². The summed E-state index contributed by atoms with van der Waals surface area (Å²) in [5.41, 5.74) is 5.22. The summed E-state index contributed by atoms with van der Waals surface area (Å²) in [7, 11) is 2.04. The minimum atomic E-state index is -0.288. The number of benzene rings is 2. The van der Waals surface area contributed by atoms with Crippen molar-refractivity contribution in [1.82, 2.24) is 14.9 Å². The van der Waals surface area contributed by atoms with Crippen LogP contribution in [0, 0.1) is 12.7 Å². The molecule has 1 aliphatic heterocycles. The first-order valence-corrected chi connectivity index (χ1v) is 11.2. The normalized spacial score (nSPS) is 14.0. The number of aryl methyl sites for hydroxylation is 1. The Kier molecular flexibility index (Phi) is 6.94. The van der Waals surface area contributed by atoms with Gasteiger partial charge >= 0.3 is 0 Å². The zero-order valence-corrected chi connectivity index (χ0v) is 19.4. The van der Waals surface area contributed by atoms with Crippen LogP contribution in [-0.4, -0.2) is 34.4 Å². The van der Waals surface area contributed by atoms with Gasteiger partial charge < -0.3 is 0 Å². The predicted molar refractivity (Wildman–Crippen MR) is 129 cm³/mol. The summed E-state index contributed by atoms with van der Waals surface area (Å²) in [4.78, 5) is 26.2. The van der Waals surface area contributed by atoms with E-state index in [2.05, 4.69) is 30.0 Å². The van der Waals surface area contributed by atoms with Crippen LogP contribution in [-0.2, 0) is 24.3 Å². The second-order valence-corrected chi connectivity index (χ2v) is 8.71. The van der Waals surface area contributed by atoms with E-state index in [1.807, 2.05) is 32.2 Å². The number of anilines is 1. The number of amides is 1. The monoisotopic (exact) mass is 444 g/mol. The van der Waals surface area contributed by atoms with Gasteiger partial charge in [0, 0.05) is 24.2 Å². The van der Waals surface area contributed by atoms with Crippen molar-refractivity contribution in [3.05, 3.63) is 94.2 Å². The third kappa shape index (κ3) is 5.71. The van der Waals surface area contributed by atoms with E-state index >= 15 is 0 Å². The van der Waals surface area contributed by atoms with E-state index in [9.17, 15) is 9.18 Å². The van der Waals surface area contributed by atoms with Crippen molar-refractivity contribution in [3.63, 3.8) is 0 Å². The molecule has 0 atom stereocenters. The van der Waals surface area contributed by atoms with Crippen LogP contribution in [0.4, 0.5) is 10.2 Å². The molecule has 0 N–H and O–H groups in total. The molecule has 0 spiro atoms. The first-order valence-electron chi connectivity index (χ1n) is 11.2. The van der Waals surface area contributed by atoms with Gasteiger partial charge in [0.15, 0.2) is 0 Å². The predicted octanol–water partition coefficient (Wildman–Crippen LogP) is 4.94. The molecule has 4 rings (SSSR count). The second-order valence-electron chi connectivity index (χ2n) is 8.71. The first kappa shape index (κ1) is 22.8. The highest BCUT2D eigenvalue weighted by atomic mass is 19.1. The van der Waals surface area contributed by atoms with Gasteiger partial charge in [-0.2, -0.15) is 0 Å². The maximum atomic E-state index is 13.3. The van der Waals surface area contributed by atoms with Crippen LogP contribution in [0.25, 0.3) is 6.08 Å². The molecule has 170 valence electrons. The molecule has 2 aromatic carbocycles. The topological polar surface area (TPSA) is 49.3 Å². The summed E-state index contributed by atoms with van der Waals surface area (Å²) in [5.74, 6) is 1.12. The molecule has 0 bridgehead atoms. The van der Waals surface area contributed by atoms with Crippen molar-refractivity contribution in [1.29, 1.82) is 0 Å². The van der Waals surface area contributed by atoms with Crippen molar-refractivity contribution < 1.29 is 9.18 Å². The molecule has 5 nitrogen and oxygen atoms in total. The Morgan fingerprint density at radius 2 is 1.82 bits per heavy atom. The Balaban J connectivity index is 1.52. The molecule has 0 radical (unpaired) electrons. The summed E-state index contributed by atoms with van der Waals surface area (Å²) in [6.45, 7) is 5.83. The average Bonchev–Trinajstić information content (AvgIpc) is 2.77. The SMILES string of the molecule is C/C(=C\c1ccccc1)CN(C)Cc1nc(C)c2c(n1)N(Cc1ccc(F)cc1)C(=O)CC2. The van der Waals surface area contributed by atoms with Gasteiger partial charge in [0.2, 0.25) is 5.91 Å². The lowest BCUT2D eigenvalue weighted by Gasteiger charge is -2.30. The number of fused-ring (bicyclic) bond motifs is 1. The quantitative estimate of drug-likeness (QED) is 0.518. The van der Waals surface area contributed by atoms with Gasteiger partial charge in [-0.1, -0.05) is 54.1 Å². The van der Waals surface area contributed by atoms with Gasteiger partial charge in [0.25, 0.3) is 0 Å². The summed E-state index contributed by atoms with van der Waals surface area (Å²) < 4.78 is 13.3. The van der Waals surface area contributed by atoms with Crippen LogP contribution in [0.15, 0.2) is 60.2 Å². The zero-order chi connectivity index (χ0) is 23.4. The van der Waals surface area contributed by atoms with Crippen LogP contribution in [0.1, 0.15) is 41.6 Å². The van der Waals surface area contributed by atoms with Gasteiger partial charge in [0.1, 0.15) is 17.5 Å². The standard InChI is InChI=1S/C27H29FN4O/c1-19(15-21-7-5-4-6-8-21)16-31(3)18-25-29-20(2)24-13-14-26(33)32(27(24)30-25)17-22-9-11-23(28)12-10-22/h4-12,15H,13-14,16-18H2,1-3H3/b19-15+. The number of carbonyl (C=O) groups excluding carboxylic acids is 1. The van der Waals surface area contributed by atoms with Gasteiger partial charge in [-0.05, 0) is 50.6 Å². The summed E-state index contributed by atoms with van der Waals surface area (Å²) in [5, 5.41) is 0. The van der Waals surface area contributed by atoms with E-state index in [0.29, 0.717) is 37.6 Å². The van der Waals surface area contributed by atoms with Crippen molar-refractivity contribution >= 4 is 17.8 Å². The summed E-state index contributed by atoms with van der Waals surface area (Å²) >= 11 is 0. The van der Waals surface area contributed by atoms with Crippen molar-refractivity contribution in [2.24, 2.45) is 0 Å². The molecular weight excluding hydrogens is 415 g/mol. The smallest absolute Gasteiger partial charge is 0.228 e. The third-order valence-electron chi connectivity index (χ3n) is 5.78. The van der Waals surface area contributed by atoms with Crippen LogP contribution in [0.5, 0.6) is 0 Å². The first-order chi connectivity index (χ1) is 15.9. The molecular formula is C27H29FN4O. The molecule has 0 unspecified atom stereocenters. The largest absolute Gasteiger partial charge is 0.295 e. The third-order valence-corrected chi connectivity index (χ3v) is 5.78. The molecule has 0 fully saturated rings. The van der Waals surface area contributed by atoms with Crippen molar-refractivity contribution in [2.45, 2.75) is 39.8 Å². The van der Waals surface area contributed by atoms with E-state index in [0.717, 1.165) is 23.4 Å². The molecule has 0 saturated heterocycles. The molecule has 0 saturated carbocycles. The lowest BCUT2D eigenvalue weighted by atomic mass is 10.0. The number of nitrogens with zero attached hydrogens (tertiary/aromatic N) is 4. The molecule has 1 aliphatic rings. The van der Waals surface area contributed by atoms with E-state index in [4.69, 9.17) is 9.97 Å². The van der Waals surface area contributed by atoms with Crippen molar-refractivity contribution in [2.75, 3.05) is 18.5 Å². The summed E-state index contributed by atoms with van der Waals surface area (Å²) in [6.07, 6.45) is 3.26. The van der Waals surface area contributed by atoms with Crippen LogP contribution >= 0.6 is 0 Å². The molecule has 2 heterocycles. The maximum absolute atomic E-state index is 13.3. The number of aromatic nitrogens is 2. The maximum Gasteiger partial charge on any atom is 0.228 e. The van der Waals surface area contributed by atoms with E-state index < -0.39 is 0 Å². The minimum Gasteiger partial charge on any atom is -0.295 e. The molecule has 33 heavy (non-hydrogen) atoms. The Labute approximate surface area is 194 Å². The van der Waals surface area contributed by atoms with Gasteiger partial charge in [-0.25, -0.2) is 14.4 Å². The lowest BCUT2D eigenvalue weighted by molar-refractivity contribution is -0.119. The van der Waals surface area contributed by atoms with Crippen LogP contribution in [0.3, 0.4) is 0 Å². The molecule has 0 aliphatic carbocycles. The van der Waals surface area contributed by atoms with E-state index in [1.54, 1.807) is 17.0 Å². The average molecular weight is 445 g/mol. The fraction of sp³-hybridized carbons (Fsp3) is 0.296. The Morgan fingerprint density at radius 3 is 2.55 bits per heavy atom. The number of hydrogen-bond acceptors (Lipinski definition) is 4. The van der Waals surface area contributed by atoms with E-state index in [1.165, 1.54) is 23.3 Å². The number of rotatable bonds is 7. The van der Waals surface area contributed by atoms with Crippen LogP contribution < -0.4 is 4.90 Å². The van der Waals surface area contributed by atoms with Gasteiger partial charge in [-0.3, -0.25) is 14.6 Å². The minimum absolute atomic E-state index is 0.0332. The lowest BCUT2D eigenvalue weighted by Crippen LogP contribution is -2.36. The number of likely N-dealkylation sites (N-methyl/N-ethyl adjacent to an activating group) is 1. The second kappa shape index (κ2) is 10.0. The number of hydrogen-bond donors (Lipinski definition) is 0. The Hall–Kier alpha value is -3.38. The van der Waals surface area contributed by atoms with Crippen LogP contribution in [0.2, 0.25) is 0 Å². The molecule has 1 amide bonds. The number of halogens is 1. The molecule has 3 aromatic rings. The van der Waals surface area contributed by atoms with Gasteiger partial charge in [-0.15, -0.1) is 0 Å². The highest BCUT2D eigenvalue weighted by molar-refractivity contribution is 5.95. The Morgan fingerprint density at radius 1 is 1.09 bits per heavy atom. The highest BCUT2D eigenvalue weighted by Gasteiger charge is 2.28. The molecule has 6 heteroatoms.